The summed E-state index contributed by atoms with van der Waals surface area (Å²) in [7, 11) is 0.352. The van der Waals surface area contributed by atoms with E-state index in [0.29, 0.717) is 19.0 Å². The number of aliphatic imine (C=N–C) groups is 1. The highest BCUT2D eigenvalue weighted by Gasteiger charge is 2.25. The quantitative estimate of drug-likeness (QED) is 0.340. The van der Waals surface area contributed by atoms with Crippen LogP contribution < -0.4 is 15.4 Å². The number of nitrogens with one attached hydrogen (secondary N) is 2. The smallest absolute Gasteiger partial charge is 0.211 e. The number of methoxy groups -OCH3 is 1. The molecule has 2 N–H and O–H groups in total. The summed E-state index contributed by atoms with van der Waals surface area (Å²) in [6.45, 7) is 6.09. The molecule has 1 heterocycles. The third kappa shape index (κ3) is 7.07. The average Bonchev–Trinajstić information content (AvgIpc) is 2.64. The fourth-order valence-electron chi connectivity index (χ4n) is 3.36. The van der Waals surface area contributed by atoms with Crippen molar-refractivity contribution in [1.29, 1.82) is 0 Å². The molecular weight excluding hydrogens is 491 g/mol. The van der Waals surface area contributed by atoms with Gasteiger partial charge < -0.3 is 15.4 Å². The van der Waals surface area contributed by atoms with Crippen LogP contribution in [0.2, 0.25) is 0 Å². The summed E-state index contributed by atoms with van der Waals surface area (Å²) in [5.74, 6) is 2.02. The number of halogens is 1. The minimum absolute atomic E-state index is 0. The lowest BCUT2D eigenvalue weighted by Crippen LogP contribution is -2.44. The number of rotatable bonds is 6. The Bertz CT molecular complexity index is 762. The Hall–Kier alpha value is -1.07. The van der Waals surface area contributed by atoms with Crippen LogP contribution >= 0.6 is 24.0 Å². The molecule has 1 fully saturated rings. The second-order valence-electron chi connectivity index (χ2n) is 7.17. The van der Waals surface area contributed by atoms with Crippen molar-refractivity contribution in [2.45, 2.75) is 32.7 Å². The van der Waals surface area contributed by atoms with E-state index in [9.17, 15) is 8.42 Å². The fourth-order valence-corrected chi connectivity index (χ4v) is 4.23. The molecule has 9 heteroatoms. The van der Waals surface area contributed by atoms with E-state index >= 15 is 0 Å². The van der Waals surface area contributed by atoms with Gasteiger partial charge in [-0.3, -0.25) is 4.99 Å². The van der Waals surface area contributed by atoms with Crippen LogP contribution in [0.4, 0.5) is 0 Å². The molecule has 0 amide bonds. The van der Waals surface area contributed by atoms with E-state index in [-0.39, 0.29) is 30.0 Å². The topological polar surface area (TPSA) is 83.0 Å². The van der Waals surface area contributed by atoms with Gasteiger partial charge in [0.15, 0.2) is 5.96 Å². The van der Waals surface area contributed by atoms with E-state index in [1.807, 2.05) is 12.1 Å². The molecule has 0 aliphatic carbocycles. The number of hydrogen-bond acceptors (Lipinski definition) is 4. The number of piperidine rings is 1. The number of sulfonamides is 1. The highest BCUT2D eigenvalue weighted by molar-refractivity contribution is 14.0. The number of ether oxygens (including phenoxy) is 1. The third-order valence-electron chi connectivity index (χ3n) is 5.03. The van der Waals surface area contributed by atoms with Crippen molar-refractivity contribution in [2.24, 2.45) is 10.9 Å². The average molecular weight is 524 g/mol. The first-order valence-electron chi connectivity index (χ1n) is 9.31. The Labute approximate surface area is 186 Å². The molecule has 7 nitrogen and oxygen atoms in total. The molecular formula is C19H33IN4O3S. The van der Waals surface area contributed by atoms with Crippen molar-refractivity contribution < 1.29 is 13.2 Å². The monoisotopic (exact) mass is 524 g/mol. The zero-order valence-corrected chi connectivity index (χ0v) is 20.5. The normalized spacial score (nSPS) is 17.5. The predicted molar refractivity (Wildman–Crippen MR) is 125 cm³/mol. The zero-order chi connectivity index (χ0) is 20.0. The van der Waals surface area contributed by atoms with Crippen molar-refractivity contribution in [3.63, 3.8) is 0 Å². The zero-order valence-electron chi connectivity index (χ0n) is 17.4. The lowest BCUT2D eigenvalue weighted by Gasteiger charge is -2.30. The van der Waals surface area contributed by atoms with Crippen LogP contribution in [0, 0.1) is 12.8 Å². The van der Waals surface area contributed by atoms with E-state index in [2.05, 4.69) is 35.5 Å². The van der Waals surface area contributed by atoms with Crippen LogP contribution in [0.5, 0.6) is 5.75 Å². The Morgan fingerprint density at radius 2 is 2.00 bits per heavy atom. The van der Waals surface area contributed by atoms with Gasteiger partial charge in [-0.1, -0.05) is 17.7 Å². The molecule has 1 aromatic rings. The van der Waals surface area contributed by atoms with E-state index in [1.54, 1.807) is 18.5 Å². The van der Waals surface area contributed by atoms with Gasteiger partial charge in [0.2, 0.25) is 10.0 Å². The summed E-state index contributed by atoms with van der Waals surface area (Å²) in [5.41, 5.74) is 2.27. The Morgan fingerprint density at radius 1 is 1.36 bits per heavy atom. The first kappa shape index (κ1) is 25.0. The van der Waals surface area contributed by atoms with Crippen molar-refractivity contribution >= 4 is 40.0 Å². The second kappa shape index (κ2) is 11.2. The number of guanidine groups is 1. The van der Waals surface area contributed by atoms with E-state index in [4.69, 9.17) is 4.74 Å². The van der Waals surface area contributed by atoms with Gasteiger partial charge >= 0.3 is 0 Å². The molecule has 1 atom stereocenters. The molecule has 0 saturated carbocycles. The summed E-state index contributed by atoms with van der Waals surface area (Å²) in [4.78, 5) is 4.32. The van der Waals surface area contributed by atoms with Crippen molar-refractivity contribution in [2.75, 3.05) is 40.0 Å². The summed E-state index contributed by atoms with van der Waals surface area (Å²) >= 11 is 0. The summed E-state index contributed by atoms with van der Waals surface area (Å²) in [6, 6.07) is 6.17. The van der Waals surface area contributed by atoms with Crippen LogP contribution in [0.1, 0.15) is 36.9 Å². The number of nitrogens with zero attached hydrogens (tertiary/aromatic N) is 2. The molecule has 0 aromatic heterocycles. The van der Waals surface area contributed by atoms with Crippen molar-refractivity contribution in [3.8, 4) is 5.75 Å². The van der Waals surface area contributed by atoms with Gasteiger partial charge in [-0.15, -0.1) is 24.0 Å². The molecule has 0 spiro atoms. The second-order valence-corrected chi connectivity index (χ2v) is 9.15. The number of benzene rings is 1. The first-order valence-corrected chi connectivity index (χ1v) is 11.2. The maximum absolute atomic E-state index is 11.6. The minimum Gasteiger partial charge on any atom is -0.496 e. The van der Waals surface area contributed by atoms with Gasteiger partial charge in [0.25, 0.3) is 0 Å². The molecule has 0 bridgehead atoms. The molecule has 2 rings (SSSR count). The summed E-state index contributed by atoms with van der Waals surface area (Å²) < 4.78 is 30.3. The molecule has 1 aliphatic heterocycles. The van der Waals surface area contributed by atoms with Crippen LogP contribution in [-0.4, -0.2) is 58.7 Å². The molecule has 28 heavy (non-hydrogen) atoms. The fraction of sp³-hybridized carbons (Fsp3) is 0.632. The molecule has 160 valence electrons. The minimum atomic E-state index is -3.08. The Kier molecular flexibility index (Phi) is 9.99. The molecule has 1 unspecified atom stereocenters. The van der Waals surface area contributed by atoms with E-state index < -0.39 is 10.0 Å². The number of aryl methyl sites for hydroxylation is 1. The Balaban J connectivity index is 0.00000392. The van der Waals surface area contributed by atoms with Crippen LogP contribution in [0.25, 0.3) is 0 Å². The highest BCUT2D eigenvalue weighted by Crippen LogP contribution is 2.26. The van der Waals surface area contributed by atoms with Gasteiger partial charge in [0.1, 0.15) is 5.75 Å². The van der Waals surface area contributed by atoms with Crippen LogP contribution in [-0.2, 0) is 10.0 Å². The van der Waals surface area contributed by atoms with Crippen molar-refractivity contribution in [3.05, 3.63) is 29.3 Å². The Morgan fingerprint density at radius 3 is 2.54 bits per heavy atom. The molecule has 1 saturated heterocycles. The first-order chi connectivity index (χ1) is 12.7. The summed E-state index contributed by atoms with van der Waals surface area (Å²) in [5, 5.41) is 6.79. The summed E-state index contributed by atoms with van der Waals surface area (Å²) in [6.07, 6.45) is 2.99. The predicted octanol–water partition coefficient (Wildman–Crippen LogP) is 2.52. The van der Waals surface area contributed by atoms with Gasteiger partial charge in [0.05, 0.1) is 19.4 Å². The standard InChI is InChI=1S/C19H32N4O3S.HI/c1-14-6-7-18(26-4)17(12-14)15(2)22-19(20-3)21-13-16-8-10-23(11-9-16)27(5,24)25;/h6-7,12,15-16H,8-11,13H2,1-5H3,(H2,20,21,22);1H. The van der Waals surface area contributed by atoms with Crippen molar-refractivity contribution in [1.82, 2.24) is 14.9 Å². The SMILES string of the molecule is CN=C(NCC1CCN(S(C)(=O)=O)CC1)NC(C)c1cc(C)ccc1OC.I. The van der Waals surface area contributed by atoms with Gasteiger partial charge in [-0.05, 0) is 38.7 Å². The van der Waals surface area contributed by atoms with E-state index in [1.165, 1.54) is 11.8 Å². The number of hydrogen-bond donors (Lipinski definition) is 2. The van der Waals surface area contributed by atoms with Gasteiger partial charge in [-0.2, -0.15) is 0 Å². The van der Waals surface area contributed by atoms with Gasteiger partial charge in [-0.25, -0.2) is 12.7 Å². The lowest BCUT2D eigenvalue weighted by atomic mass is 9.98. The van der Waals surface area contributed by atoms with Gasteiger partial charge in [0, 0.05) is 32.2 Å². The molecule has 1 aromatic carbocycles. The maximum atomic E-state index is 11.6. The maximum Gasteiger partial charge on any atom is 0.211 e. The highest BCUT2D eigenvalue weighted by atomic mass is 127. The largest absolute Gasteiger partial charge is 0.496 e. The van der Waals surface area contributed by atoms with Crippen LogP contribution in [0.15, 0.2) is 23.2 Å². The van der Waals surface area contributed by atoms with Crippen LogP contribution in [0.3, 0.4) is 0 Å². The third-order valence-corrected chi connectivity index (χ3v) is 6.33. The molecule has 0 radical (unpaired) electrons. The van der Waals surface area contributed by atoms with E-state index in [0.717, 1.165) is 36.7 Å². The lowest BCUT2D eigenvalue weighted by molar-refractivity contribution is 0.274. The molecule has 1 aliphatic rings.